The summed E-state index contributed by atoms with van der Waals surface area (Å²) in [5, 5.41) is 6.24. The number of carbonyl (C=O) groups is 2. The van der Waals surface area contributed by atoms with E-state index in [-0.39, 0.29) is 11.8 Å². The van der Waals surface area contributed by atoms with Gasteiger partial charge in [-0.15, -0.1) is 0 Å². The molecule has 142 valence electrons. The third-order valence-corrected chi connectivity index (χ3v) is 4.58. The van der Waals surface area contributed by atoms with E-state index in [1.54, 1.807) is 54.6 Å². The Morgan fingerprint density at radius 3 is 1.50 bits per heavy atom. The van der Waals surface area contributed by atoms with E-state index in [1.165, 1.54) is 6.07 Å². The van der Waals surface area contributed by atoms with Gasteiger partial charge in [-0.2, -0.15) is 0 Å². The van der Waals surface area contributed by atoms with Crippen LogP contribution in [0.1, 0.15) is 20.7 Å². The van der Waals surface area contributed by atoms with E-state index >= 15 is 0 Å². The average Bonchev–Trinajstić information content (AvgIpc) is 2.67. The minimum atomic E-state index is -0.382. The van der Waals surface area contributed by atoms with Crippen molar-refractivity contribution in [2.75, 3.05) is 22.1 Å². The van der Waals surface area contributed by atoms with Gasteiger partial charge in [0.2, 0.25) is 0 Å². The van der Waals surface area contributed by atoms with E-state index in [2.05, 4.69) is 10.6 Å². The minimum Gasteiger partial charge on any atom is -0.397 e. The van der Waals surface area contributed by atoms with Crippen molar-refractivity contribution in [2.45, 2.75) is 0 Å². The minimum absolute atomic E-state index is 0.316. The second kappa shape index (κ2) is 8.21. The molecule has 2 amide bonds. The summed E-state index contributed by atoms with van der Waals surface area (Å²) in [6, 6.07) is 15.9. The maximum absolute atomic E-state index is 12.5. The second-order valence-electron chi connectivity index (χ2n) is 5.96. The standard InChI is InChI=1S/C20H16Cl2N4O2/c21-15-6-4-13(9-17(15)23)25-19(27)11-2-1-3-12(8-11)20(28)26-14-5-7-16(22)18(24)10-14/h1-10H,23-24H2,(H,25,27)(H,26,28). The quantitative estimate of drug-likeness (QED) is 0.465. The van der Waals surface area contributed by atoms with Crippen molar-refractivity contribution in [3.05, 3.63) is 81.8 Å². The van der Waals surface area contributed by atoms with Crippen molar-refractivity contribution < 1.29 is 9.59 Å². The summed E-state index contributed by atoms with van der Waals surface area (Å²) in [7, 11) is 0. The molecule has 0 bridgehead atoms. The summed E-state index contributed by atoms with van der Waals surface area (Å²) in [5.74, 6) is -0.765. The molecule has 0 atom stereocenters. The Morgan fingerprint density at radius 1 is 0.679 bits per heavy atom. The van der Waals surface area contributed by atoms with Crippen LogP contribution in [0.3, 0.4) is 0 Å². The summed E-state index contributed by atoms with van der Waals surface area (Å²) in [4.78, 5) is 25.0. The first kappa shape index (κ1) is 19.5. The number of nitrogen functional groups attached to an aromatic ring is 2. The lowest BCUT2D eigenvalue weighted by molar-refractivity contribution is 0.102. The number of amides is 2. The smallest absolute Gasteiger partial charge is 0.255 e. The summed E-state index contributed by atoms with van der Waals surface area (Å²) < 4.78 is 0. The van der Waals surface area contributed by atoms with Gasteiger partial charge in [-0.25, -0.2) is 0 Å². The van der Waals surface area contributed by atoms with E-state index in [4.69, 9.17) is 34.7 Å². The molecule has 3 rings (SSSR count). The number of anilines is 4. The zero-order valence-corrected chi connectivity index (χ0v) is 16.0. The van der Waals surface area contributed by atoms with E-state index in [0.29, 0.717) is 43.9 Å². The summed E-state index contributed by atoms with van der Waals surface area (Å²) in [5.41, 5.74) is 13.8. The predicted molar refractivity (Wildman–Crippen MR) is 114 cm³/mol. The maximum atomic E-state index is 12.5. The Hall–Kier alpha value is -3.22. The third-order valence-electron chi connectivity index (χ3n) is 3.89. The topological polar surface area (TPSA) is 110 Å². The number of benzene rings is 3. The Kier molecular flexibility index (Phi) is 5.73. The van der Waals surface area contributed by atoms with Gasteiger partial charge in [-0.1, -0.05) is 29.3 Å². The SMILES string of the molecule is Nc1cc(NC(=O)c2cccc(C(=O)Nc3ccc(Cl)c(N)c3)c2)ccc1Cl. The molecule has 0 saturated carbocycles. The number of nitrogens with one attached hydrogen (secondary N) is 2. The van der Waals surface area contributed by atoms with Gasteiger partial charge in [0.1, 0.15) is 0 Å². The Balaban J connectivity index is 1.75. The molecule has 0 aliphatic rings. The van der Waals surface area contributed by atoms with Crippen LogP contribution in [0.5, 0.6) is 0 Å². The maximum Gasteiger partial charge on any atom is 0.255 e. The Bertz CT molecular complexity index is 989. The molecule has 6 N–H and O–H groups in total. The number of hydrogen-bond donors (Lipinski definition) is 4. The van der Waals surface area contributed by atoms with Gasteiger partial charge < -0.3 is 22.1 Å². The molecule has 8 heteroatoms. The molecule has 0 fully saturated rings. The highest BCUT2D eigenvalue weighted by Gasteiger charge is 2.12. The van der Waals surface area contributed by atoms with Crippen LogP contribution in [-0.2, 0) is 0 Å². The van der Waals surface area contributed by atoms with Gasteiger partial charge >= 0.3 is 0 Å². The van der Waals surface area contributed by atoms with Gasteiger partial charge in [-0.05, 0) is 54.6 Å². The average molecular weight is 415 g/mol. The molecule has 3 aromatic carbocycles. The molecule has 6 nitrogen and oxygen atoms in total. The first-order valence-corrected chi connectivity index (χ1v) is 8.92. The van der Waals surface area contributed by atoms with Crippen LogP contribution in [0.15, 0.2) is 60.7 Å². The largest absolute Gasteiger partial charge is 0.397 e. The highest BCUT2D eigenvalue weighted by Crippen LogP contribution is 2.24. The monoisotopic (exact) mass is 414 g/mol. The first-order valence-electron chi connectivity index (χ1n) is 8.16. The molecule has 28 heavy (non-hydrogen) atoms. The number of hydrogen-bond acceptors (Lipinski definition) is 4. The molecule has 0 aromatic heterocycles. The van der Waals surface area contributed by atoms with Crippen molar-refractivity contribution in [3.63, 3.8) is 0 Å². The fraction of sp³-hybridized carbons (Fsp3) is 0. The molecule has 0 saturated heterocycles. The van der Waals surface area contributed by atoms with Crippen LogP contribution in [0, 0.1) is 0 Å². The van der Waals surface area contributed by atoms with Gasteiger partial charge in [0.25, 0.3) is 11.8 Å². The fourth-order valence-electron chi connectivity index (χ4n) is 2.45. The second-order valence-corrected chi connectivity index (χ2v) is 6.78. The molecule has 0 aliphatic carbocycles. The van der Waals surface area contributed by atoms with Crippen LogP contribution >= 0.6 is 23.2 Å². The Labute approximate surface area is 171 Å². The van der Waals surface area contributed by atoms with Gasteiger partial charge in [0, 0.05) is 22.5 Å². The summed E-state index contributed by atoms with van der Waals surface area (Å²) >= 11 is 11.8. The van der Waals surface area contributed by atoms with Crippen LogP contribution < -0.4 is 22.1 Å². The predicted octanol–water partition coefficient (Wildman–Crippen LogP) is 4.66. The third kappa shape index (κ3) is 4.54. The first-order chi connectivity index (χ1) is 13.3. The van der Waals surface area contributed by atoms with Crippen LogP contribution in [0.2, 0.25) is 10.0 Å². The molecular formula is C20H16Cl2N4O2. The summed E-state index contributed by atoms with van der Waals surface area (Å²) in [6.07, 6.45) is 0. The molecule has 0 unspecified atom stereocenters. The fourth-order valence-corrected chi connectivity index (χ4v) is 2.69. The highest BCUT2D eigenvalue weighted by molar-refractivity contribution is 6.33. The molecule has 0 aliphatic heterocycles. The van der Waals surface area contributed by atoms with E-state index < -0.39 is 0 Å². The van der Waals surface area contributed by atoms with E-state index in [9.17, 15) is 9.59 Å². The normalized spacial score (nSPS) is 10.4. The molecule has 3 aromatic rings. The number of halogens is 2. The summed E-state index contributed by atoms with van der Waals surface area (Å²) in [6.45, 7) is 0. The lowest BCUT2D eigenvalue weighted by Gasteiger charge is -2.09. The zero-order valence-electron chi connectivity index (χ0n) is 14.5. The lowest BCUT2D eigenvalue weighted by Crippen LogP contribution is -2.15. The molecule has 0 spiro atoms. The van der Waals surface area contributed by atoms with Gasteiger partial charge in [0.05, 0.1) is 21.4 Å². The van der Waals surface area contributed by atoms with E-state index in [0.717, 1.165) is 0 Å². The van der Waals surface area contributed by atoms with E-state index in [1.807, 2.05) is 0 Å². The van der Waals surface area contributed by atoms with Crippen molar-refractivity contribution in [2.24, 2.45) is 0 Å². The van der Waals surface area contributed by atoms with Crippen molar-refractivity contribution in [3.8, 4) is 0 Å². The molecule has 0 radical (unpaired) electrons. The van der Waals surface area contributed by atoms with Crippen molar-refractivity contribution in [1.82, 2.24) is 0 Å². The number of nitrogens with two attached hydrogens (primary N) is 2. The highest BCUT2D eigenvalue weighted by atomic mass is 35.5. The molecule has 0 heterocycles. The van der Waals surface area contributed by atoms with Crippen LogP contribution in [0.4, 0.5) is 22.7 Å². The lowest BCUT2D eigenvalue weighted by atomic mass is 10.1. The zero-order chi connectivity index (χ0) is 20.3. The number of carbonyl (C=O) groups excluding carboxylic acids is 2. The van der Waals surface area contributed by atoms with Crippen molar-refractivity contribution >= 4 is 57.8 Å². The molecular weight excluding hydrogens is 399 g/mol. The van der Waals surface area contributed by atoms with Gasteiger partial charge in [0.15, 0.2) is 0 Å². The number of rotatable bonds is 4. The van der Waals surface area contributed by atoms with Gasteiger partial charge in [-0.3, -0.25) is 9.59 Å². The Morgan fingerprint density at radius 2 is 1.11 bits per heavy atom. The van der Waals surface area contributed by atoms with Crippen LogP contribution in [0.25, 0.3) is 0 Å². The van der Waals surface area contributed by atoms with Crippen LogP contribution in [-0.4, -0.2) is 11.8 Å². The van der Waals surface area contributed by atoms with Crippen molar-refractivity contribution in [1.29, 1.82) is 0 Å².